The van der Waals surface area contributed by atoms with Crippen molar-refractivity contribution in [1.29, 1.82) is 0 Å². The lowest BCUT2D eigenvalue weighted by Gasteiger charge is -2.40. The molecule has 2 atom stereocenters. The van der Waals surface area contributed by atoms with Gasteiger partial charge in [0.25, 0.3) is 5.91 Å². The van der Waals surface area contributed by atoms with Crippen molar-refractivity contribution in [2.45, 2.75) is 37.9 Å². The predicted molar refractivity (Wildman–Crippen MR) is 160 cm³/mol. The van der Waals surface area contributed by atoms with E-state index in [4.69, 9.17) is 26.1 Å². The number of carbonyl (C=O) groups is 2. The fraction of sp³-hybridized carbons (Fsp3) is 0.516. The number of hydrogen-bond acceptors (Lipinski definition) is 8. The van der Waals surface area contributed by atoms with Crippen LogP contribution in [0.1, 0.15) is 30.6 Å². The molecule has 0 aliphatic carbocycles. The van der Waals surface area contributed by atoms with Gasteiger partial charge in [0.2, 0.25) is 5.91 Å². The molecule has 230 valence electrons. The maximum absolute atomic E-state index is 15.2. The second-order valence-corrected chi connectivity index (χ2v) is 12.9. The highest BCUT2D eigenvalue weighted by Crippen LogP contribution is 2.48. The Morgan fingerprint density at radius 1 is 1.26 bits per heavy atom. The SMILES string of the molecule is C=CC(=O)N1CCN2C(=O)c3c(N4CC(N(C)CC5COC5)CC4(C)C)nc(-c4c(O)cccc4F)c(Cl)c3OC[C@H]2C1. The zero-order valence-electron chi connectivity index (χ0n) is 24.7. The van der Waals surface area contributed by atoms with Crippen LogP contribution in [0.2, 0.25) is 5.02 Å². The molecule has 10 nitrogen and oxygen atoms in total. The number of rotatable bonds is 6. The third kappa shape index (κ3) is 5.21. The minimum absolute atomic E-state index is 0.00127. The standard InChI is InChI=1S/C31H37ClFN5O5/c1-5-23(40)36-9-10-37-20(13-36)17-43-28-25(30(37)41)29(34-27(26(28)32)24-21(33)7-6-8-22(24)39)38-14-19(11-31(38,2)3)35(4)12-18-15-42-16-18/h5-8,18-20,39H,1,9-17H2,2-4H3/t19?,20-/m1/s1. The average molecular weight is 614 g/mol. The summed E-state index contributed by atoms with van der Waals surface area (Å²) in [6.07, 6.45) is 2.06. The van der Waals surface area contributed by atoms with Crippen LogP contribution in [0.25, 0.3) is 11.3 Å². The van der Waals surface area contributed by atoms with E-state index in [9.17, 15) is 14.7 Å². The number of piperazine rings is 1. The van der Waals surface area contributed by atoms with Gasteiger partial charge in [-0.2, -0.15) is 0 Å². The van der Waals surface area contributed by atoms with Crippen LogP contribution in [0.3, 0.4) is 0 Å². The highest BCUT2D eigenvalue weighted by atomic mass is 35.5. The van der Waals surface area contributed by atoms with Crippen LogP contribution in [0.15, 0.2) is 30.9 Å². The fourth-order valence-electron chi connectivity index (χ4n) is 6.71. The Hall–Kier alpha value is -3.41. The van der Waals surface area contributed by atoms with Crippen LogP contribution in [-0.2, 0) is 9.53 Å². The summed E-state index contributed by atoms with van der Waals surface area (Å²) < 4.78 is 26.9. The van der Waals surface area contributed by atoms with Crippen molar-refractivity contribution < 1.29 is 28.6 Å². The Morgan fingerprint density at radius 2 is 2.02 bits per heavy atom. The molecule has 0 spiro atoms. The molecule has 6 rings (SSSR count). The molecule has 43 heavy (non-hydrogen) atoms. The number of ether oxygens (including phenoxy) is 2. The van der Waals surface area contributed by atoms with Gasteiger partial charge < -0.3 is 34.2 Å². The van der Waals surface area contributed by atoms with Gasteiger partial charge in [-0.05, 0) is 45.5 Å². The maximum Gasteiger partial charge on any atom is 0.261 e. The lowest BCUT2D eigenvalue weighted by atomic mass is 9.98. The summed E-state index contributed by atoms with van der Waals surface area (Å²) >= 11 is 6.90. The average Bonchev–Trinajstić information content (AvgIpc) is 3.20. The van der Waals surface area contributed by atoms with E-state index in [0.29, 0.717) is 31.4 Å². The molecule has 12 heteroatoms. The molecule has 1 aromatic carbocycles. The Balaban J connectivity index is 1.46. The van der Waals surface area contributed by atoms with E-state index in [1.165, 1.54) is 24.3 Å². The topological polar surface area (TPSA) is 98.7 Å². The number of anilines is 1. The van der Waals surface area contributed by atoms with Crippen LogP contribution in [0, 0.1) is 11.7 Å². The maximum atomic E-state index is 15.2. The van der Waals surface area contributed by atoms with Gasteiger partial charge >= 0.3 is 0 Å². The second kappa shape index (κ2) is 11.3. The lowest BCUT2D eigenvalue weighted by molar-refractivity contribution is -0.128. The van der Waals surface area contributed by atoms with Gasteiger partial charge in [0, 0.05) is 50.2 Å². The fourth-order valence-corrected chi connectivity index (χ4v) is 6.99. The number of hydrogen-bond donors (Lipinski definition) is 1. The third-order valence-corrected chi connectivity index (χ3v) is 9.51. The molecule has 0 saturated carbocycles. The van der Waals surface area contributed by atoms with Crippen LogP contribution in [-0.4, -0.2) is 114 Å². The summed E-state index contributed by atoms with van der Waals surface area (Å²) in [6, 6.07) is 3.73. The van der Waals surface area contributed by atoms with E-state index in [1.807, 2.05) is 0 Å². The van der Waals surface area contributed by atoms with Crippen molar-refractivity contribution in [2.24, 2.45) is 5.92 Å². The van der Waals surface area contributed by atoms with Gasteiger partial charge in [-0.25, -0.2) is 9.37 Å². The quantitative estimate of drug-likeness (QED) is 0.495. The summed E-state index contributed by atoms with van der Waals surface area (Å²) in [7, 11) is 2.10. The molecule has 5 heterocycles. The van der Waals surface area contributed by atoms with E-state index in [1.54, 1.807) is 9.80 Å². The Bertz CT molecular complexity index is 1450. The van der Waals surface area contributed by atoms with Gasteiger partial charge in [0.15, 0.2) is 5.75 Å². The Kier molecular flexibility index (Phi) is 7.76. The first-order chi connectivity index (χ1) is 20.5. The minimum Gasteiger partial charge on any atom is -0.507 e. The third-order valence-electron chi connectivity index (χ3n) is 9.16. The van der Waals surface area contributed by atoms with Crippen LogP contribution >= 0.6 is 11.6 Å². The van der Waals surface area contributed by atoms with Crippen LogP contribution < -0.4 is 9.64 Å². The Morgan fingerprint density at radius 3 is 2.70 bits per heavy atom. The van der Waals surface area contributed by atoms with E-state index in [0.717, 1.165) is 26.2 Å². The number of likely N-dealkylation sites (N-methyl/N-ethyl adjacent to an activating group) is 1. The number of pyridine rings is 1. The summed E-state index contributed by atoms with van der Waals surface area (Å²) in [4.78, 5) is 39.4. The van der Waals surface area contributed by atoms with Gasteiger partial charge in [0.05, 0.1) is 24.8 Å². The van der Waals surface area contributed by atoms with E-state index < -0.39 is 17.4 Å². The predicted octanol–water partition coefficient (Wildman–Crippen LogP) is 3.41. The van der Waals surface area contributed by atoms with Gasteiger partial charge in [-0.1, -0.05) is 24.2 Å². The first kappa shape index (κ1) is 29.7. The Labute approximate surface area is 255 Å². The summed E-state index contributed by atoms with van der Waals surface area (Å²) in [5, 5.41) is 10.7. The number of phenols is 1. The van der Waals surface area contributed by atoms with Crippen molar-refractivity contribution in [1.82, 2.24) is 19.7 Å². The molecule has 0 radical (unpaired) electrons. The molecule has 4 aliphatic heterocycles. The van der Waals surface area contributed by atoms with Crippen molar-refractivity contribution >= 4 is 29.2 Å². The number of carbonyl (C=O) groups excluding carboxylic acids is 2. The van der Waals surface area contributed by atoms with Crippen LogP contribution in [0.4, 0.5) is 10.2 Å². The van der Waals surface area contributed by atoms with Crippen molar-refractivity contribution in [2.75, 3.05) is 64.5 Å². The number of fused-ring (bicyclic) bond motifs is 2. The molecule has 4 aliphatic rings. The molecule has 2 amide bonds. The smallest absolute Gasteiger partial charge is 0.261 e. The first-order valence-electron chi connectivity index (χ1n) is 14.6. The van der Waals surface area contributed by atoms with Gasteiger partial charge in [0.1, 0.15) is 40.3 Å². The van der Waals surface area contributed by atoms with Crippen LogP contribution in [0.5, 0.6) is 11.5 Å². The normalized spacial score (nSPS) is 23.4. The molecule has 1 aromatic heterocycles. The molecular weight excluding hydrogens is 577 g/mol. The summed E-state index contributed by atoms with van der Waals surface area (Å²) in [5.74, 6) is -0.620. The molecule has 2 aromatic rings. The number of halogens is 2. The number of nitrogens with zero attached hydrogens (tertiary/aromatic N) is 5. The number of benzene rings is 1. The first-order valence-corrected chi connectivity index (χ1v) is 15.0. The number of aromatic hydroxyl groups is 1. The molecule has 3 saturated heterocycles. The zero-order chi connectivity index (χ0) is 30.6. The van der Waals surface area contributed by atoms with E-state index in [2.05, 4.69) is 37.3 Å². The second-order valence-electron chi connectivity index (χ2n) is 12.5. The summed E-state index contributed by atoms with van der Waals surface area (Å²) in [5.41, 5.74) is -0.382. The van der Waals surface area contributed by atoms with Crippen molar-refractivity contribution in [3.63, 3.8) is 0 Å². The van der Waals surface area contributed by atoms with Gasteiger partial charge in [-0.3, -0.25) is 9.59 Å². The monoisotopic (exact) mass is 613 g/mol. The van der Waals surface area contributed by atoms with E-state index >= 15 is 4.39 Å². The molecule has 1 N–H and O–H groups in total. The van der Waals surface area contributed by atoms with Gasteiger partial charge in [-0.15, -0.1) is 0 Å². The highest BCUT2D eigenvalue weighted by molar-refractivity contribution is 6.35. The largest absolute Gasteiger partial charge is 0.507 e. The molecular formula is C31H37ClFN5O5. The number of aromatic nitrogens is 1. The summed E-state index contributed by atoms with van der Waals surface area (Å²) in [6.45, 7) is 11.8. The molecule has 0 bridgehead atoms. The molecule has 1 unspecified atom stereocenters. The number of amides is 2. The number of phenolic OH excluding ortho intramolecular Hbond substituents is 1. The van der Waals surface area contributed by atoms with Crippen molar-refractivity contribution in [3.05, 3.63) is 47.3 Å². The zero-order valence-corrected chi connectivity index (χ0v) is 25.4. The molecule has 3 fully saturated rings. The van der Waals surface area contributed by atoms with E-state index in [-0.39, 0.29) is 64.4 Å². The minimum atomic E-state index is -0.697. The lowest BCUT2D eigenvalue weighted by Crippen LogP contribution is -2.57. The van der Waals surface area contributed by atoms with Crippen molar-refractivity contribution in [3.8, 4) is 22.8 Å². The highest BCUT2D eigenvalue weighted by Gasteiger charge is 2.46.